The average Bonchev–Trinajstić information content (AvgIpc) is 2.54. The van der Waals surface area contributed by atoms with Crippen molar-refractivity contribution in [3.8, 4) is 11.5 Å². The third-order valence-corrected chi connectivity index (χ3v) is 3.65. The normalized spacial score (nSPS) is 10.9. The highest BCUT2D eigenvalue weighted by Gasteiger charge is 2.00. The average molecular weight is 332 g/mol. The first kappa shape index (κ1) is 19.8. The minimum Gasteiger partial charge on any atom is -0.504 e. The Hall–Kier alpha value is -2.23. The van der Waals surface area contributed by atoms with Crippen molar-refractivity contribution in [1.82, 2.24) is 0 Å². The summed E-state index contributed by atoms with van der Waals surface area (Å²) >= 11 is 0. The molecule has 24 heavy (non-hydrogen) atoms. The lowest BCUT2D eigenvalue weighted by Gasteiger charge is -2.03. The standard InChI is InChI=1S/C20H28O4/c1-16(2)9-7-5-3-4-6-8-14-24-20(23)13-11-17-10-12-18(21)19(22)15-17/h10-13,15,21-22H,1,3-9,14H2,2H3/b13-11+. The van der Waals surface area contributed by atoms with Crippen LogP contribution in [-0.4, -0.2) is 22.8 Å². The largest absolute Gasteiger partial charge is 0.504 e. The Morgan fingerprint density at radius 2 is 1.75 bits per heavy atom. The van der Waals surface area contributed by atoms with Gasteiger partial charge in [0.1, 0.15) is 0 Å². The predicted molar refractivity (Wildman–Crippen MR) is 96.9 cm³/mol. The lowest BCUT2D eigenvalue weighted by atomic mass is 10.1. The Balaban J connectivity index is 2.08. The number of phenolic OH excluding ortho intramolecular Hbond substituents is 2. The van der Waals surface area contributed by atoms with E-state index < -0.39 is 5.97 Å². The minimum absolute atomic E-state index is 0.186. The van der Waals surface area contributed by atoms with Crippen LogP contribution < -0.4 is 0 Å². The molecule has 1 aromatic rings. The van der Waals surface area contributed by atoms with E-state index in [9.17, 15) is 15.0 Å². The molecule has 0 amide bonds. The molecule has 0 heterocycles. The van der Waals surface area contributed by atoms with E-state index in [2.05, 4.69) is 13.5 Å². The molecule has 4 nitrogen and oxygen atoms in total. The SMILES string of the molecule is C=C(C)CCCCCCCCOC(=O)/C=C/c1ccc(O)c(O)c1. The molecule has 0 aliphatic heterocycles. The molecule has 0 radical (unpaired) electrons. The number of benzene rings is 1. The Labute approximate surface area is 144 Å². The van der Waals surface area contributed by atoms with Crippen molar-refractivity contribution in [1.29, 1.82) is 0 Å². The quantitative estimate of drug-likeness (QED) is 0.198. The van der Waals surface area contributed by atoms with Crippen LogP contribution in [0.3, 0.4) is 0 Å². The zero-order chi connectivity index (χ0) is 17.8. The van der Waals surface area contributed by atoms with Gasteiger partial charge in [0.15, 0.2) is 11.5 Å². The summed E-state index contributed by atoms with van der Waals surface area (Å²) in [7, 11) is 0. The number of phenols is 2. The Morgan fingerprint density at radius 3 is 2.42 bits per heavy atom. The lowest BCUT2D eigenvalue weighted by molar-refractivity contribution is -0.137. The molecule has 0 aliphatic rings. The molecule has 1 aromatic carbocycles. The van der Waals surface area contributed by atoms with Crippen molar-refractivity contribution >= 4 is 12.0 Å². The number of unbranched alkanes of at least 4 members (excludes halogenated alkanes) is 5. The van der Waals surface area contributed by atoms with Gasteiger partial charge in [-0.1, -0.05) is 37.3 Å². The van der Waals surface area contributed by atoms with E-state index in [-0.39, 0.29) is 11.5 Å². The number of rotatable bonds is 11. The van der Waals surface area contributed by atoms with Crippen LogP contribution >= 0.6 is 0 Å². The van der Waals surface area contributed by atoms with Gasteiger partial charge in [0.25, 0.3) is 0 Å². The molecule has 4 heteroatoms. The summed E-state index contributed by atoms with van der Waals surface area (Å²) in [6, 6.07) is 4.36. The number of hydrogen-bond donors (Lipinski definition) is 2. The predicted octanol–water partition coefficient (Wildman–Crippen LogP) is 4.96. The highest BCUT2D eigenvalue weighted by atomic mass is 16.5. The molecule has 0 aliphatic carbocycles. The number of hydrogen-bond acceptors (Lipinski definition) is 4. The molecule has 1 rings (SSSR count). The van der Waals surface area contributed by atoms with Crippen molar-refractivity contribution in [3.05, 3.63) is 42.0 Å². The fraction of sp³-hybridized carbons (Fsp3) is 0.450. The second-order valence-corrected chi connectivity index (χ2v) is 6.08. The number of esters is 1. The molecule has 0 saturated carbocycles. The van der Waals surface area contributed by atoms with E-state index >= 15 is 0 Å². The van der Waals surface area contributed by atoms with Crippen LogP contribution in [0.5, 0.6) is 11.5 Å². The van der Waals surface area contributed by atoms with Crippen molar-refractivity contribution < 1.29 is 19.7 Å². The van der Waals surface area contributed by atoms with E-state index in [4.69, 9.17) is 4.74 Å². The summed E-state index contributed by atoms with van der Waals surface area (Å²) in [6.45, 7) is 6.38. The summed E-state index contributed by atoms with van der Waals surface area (Å²) < 4.78 is 5.13. The molecule has 0 unspecified atom stereocenters. The van der Waals surface area contributed by atoms with Gasteiger partial charge in [0, 0.05) is 6.08 Å². The summed E-state index contributed by atoms with van der Waals surface area (Å²) in [5.74, 6) is -0.799. The molecule has 2 N–H and O–H groups in total. The second-order valence-electron chi connectivity index (χ2n) is 6.08. The molecule has 0 aromatic heterocycles. The molecule has 0 bridgehead atoms. The van der Waals surface area contributed by atoms with Gasteiger partial charge in [-0.25, -0.2) is 4.79 Å². The Morgan fingerprint density at radius 1 is 1.08 bits per heavy atom. The second kappa shape index (κ2) is 11.3. The maximum absolute atomic E-state index is 11.6. The fourth-order valence-electron chi connectivity index (χ4n) is 2.27. The number of ether oxygens (including phenoxy) is 1. The van der Waals surface area contributed by atoms with E-state index in [1.165, 1.54) is 43.0 Å². The minimum atomic E-state index is -0.399. The Kier molecular flexibility index (Phi) is 9.35. The molecule has 0 saturated heterocycles. The van der Waals surface area contributed by atoms with Gasteiger partial charge in [0.2, 0.25) is 0 Å². The van der Waals surface area contributed by atoms with Crippen LogP contribution in [0.25, 0.3) is 6.08 Å². The van der Waals surface area contributed by atoms with Crippen LogP contribution in [-0.2, 0) is 9.53 Å². The van der Waals surface area contributed by atoms with Crippen LogP contribution in [0.15, 0.2) is 36.4 Å². The van der Waals surface area contributed by atoms with Crippen LogP contribution in [0.4, 0.5) is 0 Å². The maximum atomic E-state index is 11.6. The molecular weight excluding hydrogens is 304 g/mol. The van der Waals surface area contributed by atoms with Gasteiger partial charge in [0.05, 0.1) is 6.61 Å². The maximum Gasteiger partial charge on any atom is 0.330 e. The first-order valence-corrected chi connectivity index (χ1v) is 8.50. The number of allylic oxidation sites excluding steroid dienone is 1. The van der Waals surface area contributed by atoms with E-state index in [0.29, 0.717) is 12.2 Å². The summed E-state index contributed by atoms with van der Waals surface area (Å²) in [4.78, 5) is 11.6. The van der Waals surface area contributed by atoms with Crippen molar-refractivity contribution in [2.75, 3.05) is 6.61 Å². The molecule has 0 atom stereocenters. The van der Waals surface area contributed by atoms with E-state index in [1.807, 2.05) is 0 Å². The summed E-state index contributed by atoms with van der Waals surface area (Å²) in [6.07, 6.45) is 10.7. The highest BCUT2D eigenvalue weighted by Crippen LogP contribution is 2.25. The third kappa shape index (κ3) is 9.03. The van der Waals surface area contributed by atoms with Crippen LogP contribution in [0, 0.1) is 0 Å². The van der Waals surface area contributed by atoms with Gasteiger partial charge < -0.3 is 14.9 Å². The number of aromatic hydroxyl groups is 2. The van der Waals surface area contributed by atoms with Crippen molar-refractivity contribution in [3.63, 3.8) is 0 Å². The van der Waals surface area contributed by atoms with Crippen LogP contribution in [0.2, 0.25) is 0 Å². The third-order valence-electron chi connectivity index (χ3n) is 3.65. The van der Waals surface area contributed by atoms with Gasteiger partial charge in [-0.2, -0.15) is 0 Å². The number of carbonyl (C=O) groups excluding carboxylic acids is 1. The Bertz CT molecular complexity index is 561. The number of carbonyl (C=O) groups is 1. The van der Waals surface area contributed by atoms with E-state index in [1.54, 1.807) is 12.1 Å². The first-order chi connectivity index (χ1) is 11.5. The van der Waals surface area contributed by atoms with Gasteiger partial charge in [-0.05, 0) is 50.0 Å². The molecule has 132 valence electrons. The lowest BCUT2D eigenvalue weighted by Crippen LogP contribution is -2.02. The van der Waals surface area contributed by atoms with Gasteiger partial charge in [-0.3, -0.25) is 0 Å². The molecular formula is C20H28O4. The van der Waals surface area contributed by atoms with Gasteiger partial charge in [-0.15, -0.1) is 6.58 Å². The zero-order valence-corrected chi connectivity index (χ0v) is 14.5. The highest BCUT2D eigenvalue weighted by molar-refractivity contribution is 5.87. The smallest absolute Gasteiger partial charge is 0.330 e. The topological polar surface area (TPSA) is 66.8 Å². The van der Waals surface area contributed by atoms with Gasteiger partial charge >= 0.3 is 5.97 Å². The molecule has 0 spiro atoms. The summed E-state index contributed by atoms with van der Waals surface area (Å²) in [5.41, 5.74) is 1.87. The summed E-state index contributed by atoms with van der Waals surface area (Å²) in [5, 5.41) is 18.6. The van der Waals surface area contributed by atoms with Crippen molar-refractivity contribution in [2.24, 2.45) is 0 Å². The first-order valence-electron chi connectivity index (χ1n) is 8.50. The monoisotopic (exact) mass is 332 g/mol. The zero-order valence-electron chi connectivity index (χ0n) is 14.5. The molecule has 0 fully saturated rings. The van der Waals surface area contributed by atoms with E-state index in [0.717, 1.165) is 25.7 Å². The fourth-order valence-corrected chi connectivity index (χ4v) is 2.27. The van der Waals surface area contributed by atoms with Crippen LogP contribution in [0.1, 0.15) is 57.4 Å². The van der Waals surface area contributed by atoms with Crippen molar-refractivity contribution in [2.45, 2.75) is 51.9 Å².